The van der Waals surface area contributed by atoms with E-state index in [1.165, 1.54) is 26.3 Å². The summed E-state index contributed by atoms with van der Waals surface area (Å²) in [6.07, 6.45) is 3.69. The van der Waals surface area contributed by atoms with Crippen LogP contribution in [0.25, 0.3) is 0 Å². The van der Waals surface area contributed by atoms with Crippen LogP contribution in [-0.4, -0.2) is 21.7 Å². The second kappa shape index (κ2) is 5.99. The van der Waals surface area contributed by atoms with E-state index in [4.69, 9.17) is 0 Å². The molecule has 4 fully saturated rings. The van der Waals surface area contributed by atoms with Gasteiger partial charge in [-0.3, -0.25) is 9.48 Å². The number of rotatable bonds is 4. The highest BCUT2D eigenvalue weighted by atomic mass is 19.4. The second-order valence-electron chi connectivity index (χ2n) is 8.75. The molecule has 7 heteroatoms. The fourth-order valence-corrected chi connectivity index (χ4v) is 6.37. The Morgan fingerprint density at radius 3 is 2.23 bits per heavy atom. The minimum absolute atomic E-state index is 0.0137. The molecule has 0 aliphatic heterocycles. The molecule has 1 heterocycles. The van der Waals surface area contributed by atoms with Crippen LogP contribution < -0.4 is 5.32 Å². The van der Waals surface area contributed by atoms with Crippen LogP contribution in [-0.2, 0) is 13.2 Å². The van der Waals surface area contributed by atoms with Gasteiger partial charge in [0.25, 0.3) is 5.91 Å². The molecule has 144 valence electrons. The number of nitrogens with zero attached hydrogens (tertiary/aromatic N) is 2. The molecule has 4 nitrogen and oxygen atoms in total. The Bertz CT molecular complexity index is 674. The molecule has 1 amide bonds. The number of carbonyl (C=O) groups excluding carboxylic acids is 1. The molecule has 1 atom stereocenters. The van der Waals surface area contributed by atoms with Crippen molar-refractivity contribution < 1.29 is 18.0 Å². The van der Waals surface area contributed by atoms with Gasteiger partial charge in [-0.1, -0.05) is 6.92 Å². The SMILES string of the molecule is CCC(NC(=O)c1cc(C(F)(F)F)n(C)n1)C12CC3CC(CC(C3)C1)C2. The summed E-state index contributed by atoms with van der Waals surface area (Å²) < 4.78 is 39.6. The molecule has 4 aliphatic carbocycles. The average Bonchev–Trinajstić information content (AvgIpc) is 2.93. The number of halogens is 3. The van der Waals surface area contributed by atoms with Crippen molar-refractivity contribution in [3.05, 3.63) is 17.5 Å². The van der Waals surface area contributed by atoms with Crippen molar-refractivity contribution in [2.45, 2.75) is 64.1 Å². The molecule has 0 radical (unpaired) electrons. The molecule has 1 unspecified atom stereocenters. The maximum atomic E-state index is 13.0. The third-order valence-electron chi connectivity index (χ3n) is 6.94. The number of hydrogen-bond donors (Lipinski definition) is 1. The van der Waals surface area contributed by atoms with E-state index in [0.29, 0.717) is 0 Å². The quantitative estimate of drug-likeness (QED) is 0.866. The molecule has 5 rings (SSSR count). The summed E-state index contributed by atoms with van der Waals surface area (Å²) in [5.41, 5.74) is -0.922. The van der Waals surface area contributed by atoms with E-state index in [1.807, 2.05) is 0 Å². The minimum atomic E-state index is -4.51. The number of nitrogens with one attached hydrogen (secondary N) is 1. The third-order valence-corrected chi connectivity index (χ3v) is 6.94. The lowest BCUT2D eigenvalue weighted by Crippen LogP contribution is -2.56. The van der Waals surface area contributed by atoms with Gasteiger partial charge in [0, 0.05) is 19.2 Å². The molecule has 4 bridgehead atoms. The van der Waals surface area contributed by atoms with Gasteiger partial charge in [-0.25, -0.2) is 0 Å². The van der Waals surface area contributed by atoms with E-state index in [-0.39, 0.29) is 17.2 Å². The van der Waals surface area contributed by atoms with Gasteiger partial charge in [0.05, 0.1) is 0 Å². The van der Waals surface area contributed by atoms with Gasteiger partial charge >= 0.3 is 6.18 Å². The van der Waals surface area contributed by atoms with Crippen LogP contribution in [0.1, 0.15) is 68.1 Å². The Kier molecular flexibility index (Phi) is 4.12. The molecule has 0 aromatic carbocycles. The van der Waals surface area contributed by atoms with Crippen LogP contribution in [0.5, 0.6) is 0 Å². The topological polar surface area (TPSA) is 46.9 Å². The molecule has 1 N–H and O–H groups in total. The van der Waals surface area contributed by atoms with E-state index in [2.05, 4.69) is 17.3 Å². The first kappa shape index (κ1) is 17.9. The van der Waals surface area contributed by atoms with Gasteiger partial charge in [0.2, 0.25) is 0 Å². The summed E-state index contributed by atoms with van der Waals surface area (Å²) in [4.78, 5) is 12.6. The molecule has 26 heavy (non-hydrogen) atoms. The van der Waals surface area contributed by atoms with Gasteiger partial charge in [0.15, 0.2) is 5.69 Å². The highest BCUT2D eigenvalue weighted by Crippen LogP contribution is 2.61. The first-order chi connectivity index (χ1) is 12.2. The van der Waals surface area contributed by atoms with Crippen molar-refractivity contribution in [1.29, 1.82) is 0 Å². The van der Waals surface area contributed by atoms with Crippen molar-refractivity contribution in [3.63, 3.8) is 0 Å². The summed E-state index contributed by atoms with van der Waals surface area (Å²) in [7, 11) is 1.22. The summed E-state index contributed by atoms with van der Waals surface area (Å²) in [5, 5.41) is 6.85. The largest absolute Gasteiger partial charge is 0.433 e. The van der Waals surface area contributed by atoms with Gasteiger partial charge < -0.3 is 5.32 Å². The molecular formula is C19H26F3N3O. The van der Waals surface area contributed by atoms with E-state index in [9.17, 15) is 18.0 Å². The maximum absolute atomic E-state index is 13.0. The number of alkyl halides is 3. The molecular weight excluding hydrogens is 343 g/mol. The second-order valence-corrected chi connectivity index (χ2v) is 8.75. The fourth-order valence-electron chi connectivity index (χ4n) is 6.37. The highest BCUT2D eigenvalue weighted by molar-refractivity contribution is 5.92. The lowest BCUT2D eigenvalue weighted by molar-refractivity contribution is -0.143. The number of aromatic nitrogens is 2. The van der Waals surface area contributed by atoms with E-state index >= 15 is 0 Å². The highest BCUT2D eigenvalue weighted by Gasteiger charge is 2.54. The normalized spacial score (nSPS) is 34.1. The van der Waals surface area contributed by atoms with Crippen molar-refractivity contribution in [1.82, 2.24) is 15.1 Å². The van der Waals surface area contributed by atoms with Gasteiger partial charge in [-0.15, -0.1) is 0 Å². The van der Waals surface area contributed by atoms with E-state index < -0.39 is 17.8 Å². The monoisotopic (exact) mass is 369 g/mol. The smallest absolute Gasteiger partial charge is 0.347 e. The van der Waals surface area contributed by atoms with Gasteiger partial charge in [-0.2, -0.15) is 18.3 Å². The molecule has 1 aromatic rings. The van der Waals surface area contributed by atoms with Crippen molar-refractivity contribution in [3.8, 4) is 0 Å². The number of aryl methyl sites for hydroxylation is 1. The summed E-state index contributed by atoms with van der Waals surface area (Å²) in [6, 6.07) is 0.863. The summed E-state index contributed by atoms with van der Waals surface area (Å²) >= 11 is 0. The van der Waals surface area contributed by atoms with Crippen LogP contribution in [0.3, 0.4) is 0 Å². The maximum Gasteiger partial charge on any atom is 0.433 e. The molecule has 0 saturated heterocycles. The lowest BCUT2D eigenvalue weighted by Gasteiger charge is -2.59. The van der Waals surface area contributed by atoms with Gasteiger partial charge in [-0.05, 0) is 68.1 Å². The lowest BCUT2D eigenvalue weighted by atomic mass is 9.47. The van der Waals surface area contributed by atoms with Crippen LogP contribution in [0.2, 0.25) is 0 Å². The zero-order valence-electron chi connectivity index (χ0n) is 15.3. The molecule has 4 saturated carbocycles. The van der Waals surface area contributed by atoms with Crippen LogP contribution in [0.4, 0.5) is 13.2 Å². The van der Waals surface area contributed by atoms with Crippen molar-refractivity contribution in [2.24, 2.45) is 30.2 Å². The zero-order chi connectivity index (χ0) is 18.7. The van der Waals surface area contributed by atoms with Crippen molar-refractivity contribution >= 4 is 5.91 Å². The Balaban J connectivity index is 1.53. The Hall–Kier alpha value is -1.53. The predicted molar refractivity (Wildman–Crippen MR) is 90.4 cm³/mol. The number of amides is 1. The first-order valence-electron chi connectivity index (χ1n) is 9.62. The van der Waals surface area contributed by atoms with Crippen molar-refractivity contribution in [2.75, 3.05) is 0 Å². The van der Waals surface area contributed by atoms with Crippen LogP contribution >= 0.6 is 0 Å². The molecule has 0 spiro atoms. The average molecular weight is 369 g/mol. The van der Waals surface area contributed by atoms with E-state index in [1.54, 1.807) is 0 Å². The Morgan fingerprint density at radius 1 is 1.27 bits per heavy atom. The Labute approximate surface area is 151 Å². The summed E-state index contributed by atoms with van der Waals surface area (Å²) in [6.45, 7) is 2.06. The number of hydrogen-bond acceptors (Lipinski definition) is 2. The first-order valence-corrected chi connectivity index (χ1v) is 9.62. The number of carbonyl (C=O) groups is 1. The minimum Gasteiger partial charge on any atom is -0.347 e. The summed E-state index contributed by atoms with van der Waals surface area (Å²) in [5.74, 6) is 1.80. The fraction of sp³-hybridized carbons (Fsp3) is 0.789. The zero-order valence-corrected chi connectivity index (χ0v) is 15.3. The van der Waals surface area contributed by atoms with E-state index in [0.717, 1.165) is 54.2 Å². The molecule has 4 aliphatic rings. The standard InChI is InChI=1S/C19H26F3N3O/c1-3-15(18-8-11-4-12(9-18)6-13(5-11)10-18)23-17(26)14-7-16(19(20,21)22)25(2)24-14/h7,11-13,15H,3-6,8-10H2,1-2H3,(H,23,26). The Morgan fingerprint density at radius 2 is 1.81 bits per heavy atom. The van der Waals surface area contributed by atoms with Crippen LogP contribution in [0.15, 0.2) is 6.07 Å². The third kappa shape index (κ3) is 2.93. The molecule has 1 aromatic heterocycles. The van der Waals surface area contributed by atoms with Crippen LogP contribution in [0, 0.1) is 23.2 Å². The predicted octanol–water partition coefficient (Wildman–Crippen LogP) is 4.16. The van der Waals surface area contributed by atoms with Gasteiger partial charge in [0.1, 0.15) is 5.69 Å².